The highest BCUT2D eigenvalue weighted by molar-refractivity contribution is 4.93. The van der Waals surface area contributed by atoms with Crippen molar-refractivity contribution in [2.24, 2.45) is 11.7 Å². The Labute approximate surface area is 62.7 Å². The average Bonchev–Trinajstić information content (AvgIpc) is 2.31. The first kappa shape index (κ1) is 7.76. The summed E-state index contributed by atoms with van der Waals surface area (Å²) in [5.74, 6) is 0.758. The Kier molecular flexibility index (Phi) is 2.90. The zero-order chi connectivity index (χ0) is 7.40. The standard InChI is InChI=1S/C8H16N2/c1-10-6-4-8(7-10)3-2-5-9/h2-3,8H,4-7,9H2,1H3/b3-2+. The molecule has 1 heterocycles. The van der Waals surface area contributed by atoms with E-state index in [4.69, 9.17) is 5.73 Å². The highest BCUT2D eigenvalue weighted by Crippen LogP contribution is 2.14. The Hall–Kier alpha value is -0.340. The molecule has 0 saturated carbocycles. The summed E-state index contributed by atoms with van der Waals surface area (Å²) in [5.41, 5.74) is 5.34. The summed E-state index contributed by atoms with van der Waals surface area (Å²) in [5, 5.41) is 0. The van der Waals surface area contributed by atoms with Gasteiger partial charge in [-0.05, 0) is 25.9 Å². The van der Waals surface area contributed by atoms with Gasteiger partial charge in [0.15, 0.2) is 0 Å². The third-order valence-corrected chi connectivity index (χ3v) is 1.97. The summed E-state index contributed by atoms with van der Waals surface area (Å²) in [4.78, 5) is 2.35. The number of hydrogen-bond donors (Lipinski definition) is 1. The molecule has 1 rings (SSSR count). The molecule has 0 aromatic heterocycles. The van der Waals surface area contributed by atoms with E-state index in [2.05, 4.69) is 24.1 Å². The van der Waals surface area contributed by atoms with Crippen molar-refractivity contribution < 1.29 is 0 Å². The summed E-state index contributed by atoms with van der Waals surface area (Å²) in [6, 6.07) is 0. The van der Waals surface area contributed by atoms with Gasteiger partial charge in [0, 0.05) is 13.1 Å². The van der Waals surface area contributed by atoms with Crippen LogP contribution in [0.15, 0.2) is 12.2 Å². The summed E-state index contributed by atoms with van der Waals surface area (Å²) in [7, 11) is 2.16. The second kappa shape index (κ2) is 3.74. The normalized spacial score (nSPS) is 28.4. The van der Waals surface area contributed by atoms with E-state index < -0.39 is 0 Å². The maximum absolute atomic E-state index is 5.34. The van der Waals surface area contributed by atoms with Crippen molar-refractivity contribution in [2.75, 3.05) is 26.7 Å². The first-order chi connectivity index (χ1) is 4.83. The van der Waals surface area contributed by atoms with Gasteiger partial charge in [-0.15, -0.1) is 0 Å². The summed E-state index contributed by atoms with van der Waals surface area (Å²) in [6.45, 7) is 3.12. The summed E-state index contributed by atoms with van der Waals surface area (Å²) < 4.78 is 0. The van der Waals surface area contributed by atoms with E-state index in [-0.39, 0.29) is 0 Å². The average molecular weight is 140 g/mol. The van der Waals surface area contributed by atoms with Gasteiger partial charge in [-0.2, -0.15) is 0 Å². The van der Waals surface area contributed by atoms with Crippen LogP contribution < -0.4 is 5.73 Å². The van der Waals surface area contributed by atoms with Gasteiger partial charge < -0.3 is 10.6 Å². The zero-order valence-electron chi connectivity index (χ0n) is 6.59. The van der Waals surface area contributed by atoms with Crippen molar-refractivity contribution in [3.8, 4) is 0 Å². The van der Waals surface area contributed by atoms with E-state index in [1.54, 1.807) is 0 Å². The van der Waals surface area contributed by atoms with E-state index in [1.807, 2.05) is 0 Å². The van der Waals surface area contributed by atoms with Crippen molar-refractivity contribution >= 4 is 0 Å². The molecular weight excluding hydrogens is 124 g/mol. The molecule has 1 unspecified atom stereocenters. The number of likely N-dealkylation sites (tertiary alicyclic amines) is 1. The Morgan fingerprint density at radius 1 is 1.70 bits per heavy atom. The van der Waals surface area contributed by atoms with Gasteiger partial charge in [0.25, 0.3) is 0 Å². The highest BCUT2D eigenvalue weighted by atomic mass is 15.1. The lowest BCUT2D eigenvalue weighted by Gasteiger charge is -2.04. The third kappa shape index (κ3) is 2.12. The lowest BCUT2D eigenvalue weighted by Crippen LogP contribution is -2.13. The van der Waals surface area contributed by atoms with Crippen LogP contribution >= 0.6 is 0 Å². The number of nitrogens with two attached hydrogens (primary N) is 1. The monoisotopic (exact) mass is 140 g/mol. The molecule has 10 heavy (non-hydrogen) atoms. The maximum Gasteiger partial charge on any atom is 0.0106 e. The largest absolute Gasteiger partial charge is 0.327 e. The number of hydrogen-bond acceptors (Lipinski definition) is 2. The Morgan fingerprint density at radius 3 is 3.00 bits per heavy atom. The van der Waals surface area contributed by atoms with Crippen molar-refractivity contribution in [3.05, 3.63) is 12.2 Å². The minimum Gasteiger partial charge on any atom is -0.327 e. The van der Waals surface area contributed by atoms with Crippen LogP contribution in [-0.2, 0) is 0 Å². The van der Waals surface area contributed by atoms with Crippen molar-refractivity contribution in [2.45, 2.75) is 6.42 Å². The lowest BCUT2D eigenvalue weighted by molar-refractivity contribution is 0.408. The van der Waals surface area contributed by atoms with Crippen LogP contribution in [0.3, 0.4) is 0 Å². The first-order valence-electron chi connectivity index (χ1n) is 3.88. The predicted octanol–water partition coefficient (Wildman–Crippen LogP) is 0.453. The van der Waals surface area contributed by atoms with Crippen LogP contribution in [0.4, 0.5) is 0 Å². The molecule has 2 nitrogen and oxygen atoms in total. The van der Waals surface area contributed by atoms with E-state index in [0.717, 1.165) is 5.92 Å². The van der Waals surface area contributed by atoms with E-state index in [0.29, 0.717) is 6.54 Å². The molecular formula is C8H16N2. The fourth-order valence-electron chi connectivity index (χ4n) is 1.40. The second-order valence-corrected chi connectivity index (χ2v) is 2.97. The van der Waals surface area contributed by atoms with Gasteiger partial charge in [0.05, 0.1) is 0 Å². The van der Waals surface area contributed by atoms with Gasteiger partial charge in [-0.3, -0.25) is 0 Å². The van der Waals surface area contributed by atoms with Gasteiger partial charge >= 0.3 is 0 Å². The molecule has 0 radical (unpaired) electrons. The fraction of sp³-hybridized carbons (Fsp3) is 0.750. The molecule has 0 aromatic rings. The molecule has 0 aliphatic carbocycles. The molecule has 2 heteroatoms. The van der Waals surface area contributed by atoms with Crippen molar-refractivity contribution in [1.29, 1.82) is 0 Å². The molecule has 1 atom stereocenters. The Bertz CT molecular complexity index is 120. The quantitative estimate of drug-likeness (QED) is 0.564. The molecule has 1 aliphatic rings. The maximum atomic E-state index is 5.34. The summed E-state index contributed by atoms with van der Waals surface area (Å²) in [6.07, 6.45) is 5.60. The lowest BCUT2D eigenvalue weighted by atomic mass is 10.1. The third-order valence-electron chi connectivity index (χ3n) is 1.97. The highest BCUT2D eigenvalue weighted by Gasteiger charge is 2.15. The topological polar surface area (TPSA) is 29.3 Å². The van der Waals surface area contributed by atoms with Crippen LogP contribution in [0.1, 0.15) is 6.42 Å². The molecule has 58 valence electrons. The van der Waals surface area contributed by atoms with Gasteiger partial charge in [-0.1, -0.05) is 12.2 Å². The molecule has 2 N–H and O–H groups in total. The van der Waals surface area contributed by atoms with E-state index in [1.165, 1.54) is 19.5 Å². The van der Waals surface area contributed by atoms with Crippen LogP contribution in [0.25, 0.3) is 0 Å². The Morgan fingerprint density at radius 2 is 2.50 bits per heavy atom. The molecule has 1 saturated heterocycles. The number of nitrogens with zero attached hydrogens (tertiary/aromatic N) is 1. The van der Waals surface area contributed by atoms with Crippen LogP contribution in [-0.4, -0.2) is 31.6 Å². The van der Waals surface area contributed by atoms with E-state index >= 15 is 0 Å². The van der Waals surface area contributed by atoms with Crippen LogP contribution in [0.2, 0.25) is 0 Å². The van der Waals surface area contributed by atoms with E-state index in [9.17, 15) is 0 Å². The minimum absolute atomic E-state index is 0.681. The summed E-state index contributed by atoms with van der Waals surface area (Å²) >= 11 is 0. The van der Waals surface area contributed by atoms with Gasteiger partial charge in [0.1, 0.15) is 0 Å². The van der Waals surface area contributed by atoms with Crippen molar-refractivity contribution in [1.82, 2.24) is 4.90 Å². The first-order valence-corrected chi connectivity index (χ1v) is 3.88. The molecule has 1 fully saturated rings. The van der Waals surface area contributed by atoms with Gasteiger partial charge in [0.2, 0.25) is 0 Å². The SMILES string of the molecule is CN1CCC(/C=C/CN)C1. The van der Waals surface area contributed by atoms with Gasteiger partial charge in [-0.25, -0.2) is 0 Å². The number of rotatable bonds is 2. The predicted molar refractivity (Wildman–Crippen MR) is 43.8 cm³/mol. The smallest absolute Gasteiger partial charge is 0.0106 e. The van der Waals surface area contributed by atoms with Crippen LogP contribution in [0, 0.1) is 5.92 Å². The zero-order valence-corrected chi connectivity index (χ0v) is 6.59. The second-order valence-electron chi connectivity index (χ2n) is 2.97. The molecule has 0 bridgehead atoms. The molecule has 0 amide bonds. The Balaban J connectivity index is 2.24. The van der Waals surface area contributed by atoms with Crippen molar-refractivity contribution in [3.63, 3.8) is 0 Å². The van der Waals surface area contributed by atoms with Crippen LogP contribution in [0.5, 0.6) is 0 Å². The molecule has 1 aliphatic heterocycles. The molecule has 0 spiro atoms. The fourth-order valence-corrected chi connectivity index (χ4v) is 1.40. The molecule has 0 aromatic carbocycles. The minimum atomic E-state index is 0.681.